The predicted molar refractivity (Wildman–Crippen MR) is 75.4 cm³/mol. The molecule has 0 radical (unpaired) electrons. The first-order chi connectivity index (χ1) is 9.38. The van der Waals surface area contributed by atoms with Gasteiger partial charge in [-0.05, 0) is 25.1 Å². The Balaban J connectivity index is 2.33. The molecule has 1 aromatic carbocycles. The van der Waals surface area contributed by atoms with Crippen LogP contribution in [0.2, 0.25) is 0 Å². The molecule has 7 heteroatoms. The summed E-state index contributed by atoms with van der Waals surface area (Å²) < 4.78 is 27.5. The number of nitrogens with one attached hydrogen (secondary N) is 1. The molecule has 0 unspecified atom stereocenters. The smallest absolute Gasteiger partial charge is 0.259 e. The molecule has 0 bridgehead atoms. The molecule has 4 nitrogen and oxygen atoms in total. The predicted octanol–water partition coefficient (Wildman–Crippen LogP) is 3.27. The summed E-state index contributed by atoms with van der Waals surface area (Å²) in [6, 6.07) is 3.61. The fraction of sp³-hybridized carbons (Fsp3) is 0.0769. The molecule has 2 rings (SSSR count). The van der Waals surface area contributed by atoms with Crippen molar-refractivity contribution in [1.82, 2.24) is 4.98 Å². The first-order valence-corrected chi connectivity index (χ1v) is 6.36. The van der Waals surface area contributed by atoms with E-state index in [2.05, 4.69) is 26.2 Å². The Kier molecular flexibility index (Phi) is 3.99. The monoisotopic (exact) mass is 341 g/mol. The number of nitrogens with two attached hydrogens (primary N) is 1. The molecule has 0 aliphatic rings. The Labute approximate surface area is 122 Å². The molecule has 3 N–H and O–H groups in total. The van der Waals surface area contributed by atoms with Gasteiger partial charge in [0.05, 0.1) is 5.56 Å². The minimum atomic E-state index is -0.885. The Morgan fingerprint density at radius 1 is 1.30 bits per heavy atom. The second kappa shape index (κ2) is 5.54. The Morgan fingerprint density at radius 3 is 2.45 bits per heavy atom. The van der Waals surface area contributed by atoms with Crippen LogP contribution in [0.1, 0.15) is 16.1 Å². The van der Waals surface area contributed by atoms with Gasteiger partial charge in [0.15, 0.2) is 11.6 Å². The normalized spacial score (nSPS) is 10.4. The van der Waals surface area contributed by atoms with Crippen molar-refractivity contribution in [2.75, 3.05) is 11.1 Å². The van der Waals surface area contributed by atoms with Crippen molar-refractivity contribution in [3.05, 3.63) is 51.8 Å². The molecule has 0 aliphatic heterocycles. The number of carbonyl (C=O) groups is 1. The lowest BCUT2D eigenvalue weighted by Crippen LogP contribution is -2.16. The standard InChI is InChI=1S/C13H10BrF2N3O/c1-6-2-11(17)8(5-18-6)13(20)19-12-9(15)3-7(14)4-10(12)16/h2-5H,1H3,(H2,17,18)(H,19,20). The van der Waals surface area contributed by atoms with E-state index in [1.165, 1.54) is 12.3 Å². The highest BCUT2D eigenvalue weighted by Gasteiger charge is 2.16. The number of hydrogen-bond donors (Lipinski definition) is 2. The highest BCUT2D eigenvalue weighted by molar-refractivity contribution is 9.10. The van der Waals surface area contributed by atoms with Crippen molar-refractivity contribution in [3.63, 3.8) is 0 Å². The van der Waals surface area contributed by atoms with E-state index in [0.717, 1.165) is 12.1 Å². The summed E-state index contributed by atoms with van der Waals surface area (Å²) in [6.45, 7) is 1.71. The molecule has 0 fully saturated rings. The maximum Gasteiger partial charge on any atom is 0.259 e. The van der Waals surface area contributed by atoms with Crippen LogP contribution in [-0.2, 0) is 0 Å². The number of amides is 1. The first-order valence-electron chi connectivity index (χ1n) is 5.56. The van der Waals surface area contributed by atoms with Crippen molar-refractivity contribution in [2.24, 2.45) is 0 Å². The van der Waals surface area contributed by atoms with E-state index in [1.54, 1.807) is 6.92 Å². The van der Waals surface area contributed by atoms with Crippen LogP contribution in [0.5, 0.6) is 0 Å². The van der Waals surface area contributed by atoms with Crippen LogP contribution in [0.3, 0.4) is 0 Å². The van der Waals surface area contributed by atoms with Crippen LogP contribution in [0.4, 0.5) is 20.2 Å². The van der Waals surface area contributed by atoms with Crippen LogP contribution in [-0.4, -0.2) is 10.9 Å². The summed E-state index contributed by atoms with van der Waals surface area (Å²) >= 11 is 2.96. The molecule has 0 spiro atoms. The average molecular weight is 342 g/mol. The SMILES string of the molecule is Cc1cc(N)c(C(=O)Nc2c(F)cc(Br)cc2F)cn1. The molecule has 20 heavy (non-hydrogen) atoms. The van der Waals surface area contributed by atoms with Crippen molar-refractivity contribution in [2.45, 2.75) is 6.92 Å². The first kappa shape index (κ1) is 14.4. The molecule has 1 amide bonds. The topological polar surface area (TPSA) is 68.0 Å². The number of pyridine rings is 1. The maximum atomic E-state index is 13.6. The van der Waals surface area contributed by atoms with E-state index in [9.17, 15) is 13.6 Å². The lowest BCUT2D eigenvalue weighted by atomic mass is 10.2. The average Bonchev–Trinajstić information content (AvgIpc) is 2.33. The fourth-order valence-electron chi connectivity index (χ4n) is 1.61. The van der Waals surface area contributed by atoms with Crippen LogP contribution in [0, 0.1) is 18.6 Å². The van der Waals surface area contributed by atoms with Crippen molar-refractivity contribution in [3.8, 4) is 0 Å². The highest BCUT2D eigenvalue weighted by Crippen LogP contribution is 2.24. The molecule has 0 atom stereocenters. The van der Waals surface area contributed by atoms with E-state index in [4.69, 9.17) is 5.73 Å². The molecule has 0 saturated carbocycles. The Hall–Kier alpha value is -2.02. The molecule has 104 valence electrons. The minimum Gasteiger partial charge on any atom is -0.398 e. The third-order valence-electron chi connectivity index (χ3n) is 2.56. The Morgan fingerprint density at radius 2 is 1.90 bits per heavy atom. The van der Waals surface area contributed by atoms with E-state index in [0.29, 0.717) is 5.69 Å². The van der Waals surface area contributed by atoms with E-state index >= 15 is 0 Å². The fourth-order valence-corrected chi connectivity index (χ4v) is 2.02. The summed E-state index contributed by atoms with van der Waals surface area (Å²) in [5.74, 6) is -2.50. The zero-order valence-electron chi connectivity index (χ0n) is 10.4. The van der Waals surface area contributed by atoms with Gasteiger partial charge in [-0.25, -0.2) is 8.78 Å². The minimum absolute atomic E-state index is 0.0531. The van der Waals surface area contributed by atoms with Gasteiger partial charge in [-0.1, -0.05) is 15.9 Å². The van der Waals surface area contributed by atoms with Gasteiger partial charge in [0, 0.05) is 22.1 Å². The lowest BCUT2D eigenvalue weighted by Gasteiger charge is -2.09. The van der Waals surface area contributed by atoms with Gasteiger partial charge in [0.1, 0.15) is 5.69 Å². The second-order valence-corrected chi connectivity index (χ2v) is 5.03. The number of aromatic nitrogens is 1. The zero-order chi connectivity index (χ0) is 14.9. The molecule has 0 aliphatic carbocycles. The number of aryl methyl sites for hydroxylation is 1. The summed E-state index contributed by atoms with van der Waals surface area (Å²) in [5, 5.41) is 2.15. The summed E-state index contributed by atoms with van der Waals surface area (Å²) in [6.07, 6.45) is 1.26. The van der Waals surface area contributed by atoms with E-state index in [-0.39, 0.29) is 15.7 Å². The van der Waals surface area contributed by atoms with Crippen molar-refractivity contribution >= 4 is 33.2 Å². The number of nitrogens with zero attached hydrogens (tertiary/aromatic N) is 1. The van der Waals surface area contributed by atoms with E-state index < -0.39 is 23.2 Å². The third-order valence-corrected chi connectivity index (χ3v) is 3.02. The lowest BCUT2D eigenvalue weighted by molar-refractivity contribution is 0.102. The summed E-state index contributed by atoms with van der Waals surface area (Å²) in [4.78, 5) is 15.9. The van der Waals surface area contributed by atoms with Gasteiger partial charge >= 0.3 is 0 Å². The Bertz CT molecular complexity index is 668. The molecular formula is C13H10BrF2N3O. The third kappa shape index (κ3) is 2.93. The van der Waals surface area contributed by atoms with E-state index in [1.807, 2.05) is 0 Å². The number of carbonyl (C=O) groups excluding carboxylic acids is 1. The van der Waals surface area contributed by atoms with Gasteiger partial charge in [0.25, 0.3) is 5.91 Å². The van der Waals surface area contributed by atoms with Crippen LogP contribution in [0.15, 0.2) is 28.9 Å². The number of hydrogen-bond acceptors (Lipinski definition) is 3. The highest BCUT2D eigenvalue weighted by atomic mass is 79.9. The number of rotatable bonds is 2. The van der Waals surface area contributed by atoms with Crippen LogP contribution in [0.25, 0.3) is 0 Å². The maximum absolute atomic E-state index is 13.6. The largest absolute Gasteiger partial charge is 0.398 e. The van der Waals surface area contributed by atoms with Crippen LogP contribution >= 0.6 is 15.9 Å². The number of anilines is 2. The molecule has 0 saturated heterocycles. The summed E-state index contributed by atoms with van der Waals surface area (Å²) in [5.41, 5.74) is 6.03. The van der Waals surface area contributed by atoms with Crippen molar-refractivity contribution in [1.29, 1.82) is 0 Å². The zero-order valence-corrected chi connectivity index (χ0v) is 12.0. The van der Waals surface area contributed by atoms with Crippen LogP contribution < -0.4 is 11.1 Å². The molecule has 1 heterocycles. The van der Waals surface area contributed by atoms with Crippen molar-refractivity contribution < 1.29 is 13.6 Å². The summed E-state index contributed by atoms with van der Waals surface area (Å²) in [7, 11) is 0. The van der Waals surface area contributed by atoms with Gasteiger partial charge in [-0.15, -0.1) is 0 Å². The van der Waals surface area contributed by atoms with Gasteiger partial charge in [0.2, 0.25) is 0 Å². The van der Waals surface area contributed by atoms with Gasteiger partial charge in [-0.3, -0.25) is 9.78 Å². The van der Waals surface area contributed by atoms with Gasteiger partial charge in [-0.2, -0.15) is 0 Å². The number of nitrogen functional groups attached to an aromatic ring is 1. The van der Waals surface area contributed by atoms with Gasteiger partial charge < -0.3 is 11.1 Å². The molecule has 1 aromatic heterocycles. The quantitative estimate of drug-likeness (QED) is 0.880. The molecule has 2 aromatic rings. The second-order valence-electron chi connectivity index (χ2n) is 4.11. The number of halogens is 3. The molecular weight excluding hydrogens is 332 g/mol. The number of benzene rings is 1.